The zero-order valence-corrected chi connectivity index (χ0v) is 19.9. The second-order valence-electron chi connectivity index (χ2n) is 10.4. The van der Waals surface area contributed by atoms with Crippen LogP contribution in [0.25, 0.3) is 0 Å². The Kier molecular flexibility index (Phi) is 4.69. The minimum atomic E-state index is -0.920. The first-order chi connectivity index (χ1) is 16.0. The number of aryl methyl sites for hydroxylation is 1. The maximum absolute atomic E-state index is 13.5. The zero-order chi connectivity index (χ0) is 22.8. The average molecular weight is 448 g/mol. The lowest BCUT2D eigenvalue weighted by Gasteiger charge is -2.66. The number of rotatable bonds is 6. The summed E-state index contributed by atoms with van der Waals surface area (Å²) in [6.45, 7) is 3.63. The van der Waals surface area contributed by atoms with Gasteiger partial charge in [-0.1, -0.05) is 36.4 Å². The highest BCUT2D eigenvalue weighted by Gasteiger charge is 2.78. The van der Waals surface area contributed by atoms with E-state index in [9.17, 15) is 4.79 Å². The molecule has 4 aliphatic rings. The van der Waals surface area contributed by atoms with E-state index >= 15 is 0 Å². The van der Waals surface area contributed by atoms with Gasteiger partial charge in [0.05, 0.1) is 18.1 Å². The minimum Gasteiger partial charge on any atom is -0.493 e. The third-order valence-electron chi connectivity index (χ3n) is 9.09. The SMILES string of the molecule is COc1ccc2c3c1O[C@@]1(C)C(=O)CC[C@@]4(OCCCc5ccccc5)C(C2)N(C)CC[C@]314. The topological polar surface area (TPSA) is 48.0 Å². The average Bonchev–Trinajstić information content (AvgIpc) is 3.11. The van der Waals surface area contributed by atoms with Crippen molar-refractivity contribution in [1.82, 2.24) is 4.90 Å². The Morgan fingerprint density at radius 3 is 2.76 bits per heavy atom. The monoisotopic (exact) mass is 447 g/mol. The van der Waals surface area contributed by atoms with Gasteiger partial charge in [-0.2, -0.15) is 0 Å². The number of piperidine rings is 1. The molecule has 1 saturated carbocycles. The summed E-state index contributed by atoms with van der Waals surface area (Å²) in [6.07, 6.45) is 4.97. The molecular formula is C28H33NO4. The molecule has 0 N–H and O–H groups in total. The zero-order valence-electron chi connectivity index (χ0n) is 19.9. The van der Waals surface area contributed by atoms with Gasteiger partial charge >= 0.3 is 0 Å². The highest BCUT2D eigenvalue weighted by atomic mass is 16.5. The van der Waals surface area contributed by atoms with Crippen molar-refractivity contribution in [2.45, 2.75) is 68.1 Å². The number of hydrogen-bond acceptors (Lipinski definition) is 5. The largest absolute Gasteiger partial charge is 0.493 e. The fourth-order valence-electron chi connectivity index (χ4n) is 7.57. The fraction of sp³-hybridized carbons (Fsp3) is 0.536. The van der Waals surface area contributed by atoms with Crippen molar-refractivity contribution in [3.8, 4) is 11.5 Å². The van der Waals surface area contributed by atoms with E-state index in [-0.39, 0.29) is 11.8 Å². The van der Waals surface area contributed by atoms with Crippen LogP contribution in [0.5, 0.6) is 11.5 Å². The number of carbonyl (C=O) groups excluding carboxylic acids is 1. The van der Waals surface area contributed by atoms with E-state index in [0.29, 0.717) is 13.0 Å². The minimum absolute atomic E-state index is 0.195. The Morgan fingerprint density at radius 1 is 1.15 bits per heavy atom. The molecule has 2 bridgehead atoms. The number of nitrogens with zero attached hydrogens (tertiary/aromatic N) is 1. The van der Waals surface area contributed by atoms with E-state index in [1.807, 2.05) is 13.0 Å². The van der Waals surface area contributed by atoms with E-state index in [4.69, 9.17) is 14.2 Å². The van der Waals surface area contributed by atoms with Crippen molar-refractivity contribution < 1.29 is 19.0 Å². The summed E-state index contributed by atoms with van der Waals surface area (Å²) in [5.74, 6) is 1.69. The summed E-state index contributed by atoms with van der Waals surface area (Å²) < 4.78 is 19.4. The van der Waals surface area contributed by atoms with Gasteiger partial charge < -0.3 is 19.1 Å². The second-order valence-corrected chi connectivity index (χ2v) is 10.4. The van der Waals surface area contributed by atoms with Crippen molar-refractivity contribution in [3.63, 3.8) is 0 Å². The van der Waals surface area contributed by atoms with Crippen LogP contribution in [-0.4, -0.2) is 55.2 Å². The van der Waals surface area contributed by atoms with Crippen LogP contribution >= 0.6 is 0 Å². The summed E-state index contributed by atoms with van der Waals surface area (Å²) in [4.78, 5) is 16.0. The normalized spacial score (nSPS) is 34.0. The number of ketones is 1. The Bertz CT molecular complexity index is 1100. The highest BCUT2D eigenvalue weighted by Crippen LogP contribution is 2.69. The van der Waals surface area contributed by atoms with Gasteiger partial charge in [0.2, 0.25) is 0 Å². The summed E-state index contributed by atoms with van der Waals surface area (Å²) in [5.41, 5.74) is 1.97. The Morgan fingerprint density at radius 2 is 1.97 bits per heavy atom. The van der Waals surface area contributed by atoms with E-state index in [0.717, 1.165) is 50.1 Å². The van der Waals surface area contributed by atoms with Gasteiger partial charge in [0.1, 0.15) is 0 Å². The number of benzene rings is 2. The van der Waals surface area contributed by atoms with E-state index < -0.39 is 16.6 Å². The molecule has 2 aliphatic carbocycles. The smallest absolute Gasteiger partial charge is 0.177 e. The number of ether oxygens (including phenoxy) is 3. The molecule has 1 unspecified atom stereocenters. The highest BCUT2D eigenvalue weighted by molar-refractivity contribution is 5.94. The van der Waals surface area contributed by atoms with Gasteiger partial charge in [-0.25, -0.2) is 0 Å². The van der Waals surface area contributed by atoms with Crippen LogP contribution in [0.4, 0.5) is 0 Å². The number of carbonyl (C=O) groups is 1. The molecule has 0 aromatic heterocycles. The molecule has 6 rings (SSSR count). The predicted molar refractivity (Wildman–Crippen MR) is 126 cm³/mol. The van der Waals surface area contributed by atoms with Crippen molar-refractivity contribution in [2.75, 3.05) is 27.3 Å². The summed E-state index contributed by atoms with van der Waals surface area (Å²) in [6, 6.07) is 15.0. The van der Waals surface area contributed by atoms with Crippen LogP contribution in [0.1, 0.15) is 49.3 Å². The van der Waals surface area contributed by atoms with Gasteiger partial charge in [0.15, 0.2) is 22.9 Å². The first-order valence-electron chi connectivity index (χ1n) is 12.3. The Hall–Kier alpha value is -2.37. The molecule has 2 aliphatic heterocycles. The maximum atomic E-state index is 13.5. The number of Topliss-reactive ketones (excluding diaryl/α,β-unsaturated/α-hetero) is 1. The molecule has 2 aromatic rings. The molecule has 2 fully saturated rings. The molecule has 1 spiro atoms. The fourth-order valence-corrected chi connectivity index (χ4v) is 7.57. The van der Waals surface area contributed by atoms with E-state index in [1.165, 1.54) is 16.7 Å². The first kappa shape index (κ1) is 21.2. The molecule has 1 saturated heterocycles. The number of likely N-dealkylation sites (tertiary alicyclic amines) is 1. The van der Waals surface area contributed by atoms with Crippen LogP contribution in [0, 0.1) is 0 Å². The van der Waals surface area contributed by atoms with Crippen molar-refractivity contribution >= 4 is 5.78 Å². The quantitative estimate of drug-likeness (QED) is 0.624. The lowest BCUT2D eigenvalue weighted by molar-refractivity contribution is -0.228. The first-order valence-corrected chi connectivity index (χ1v) is 12.3. The molecule has 0 radical (unpaired) electrons. The summed E-state index contributed by atoms with van der Waals surface area (Å²) in [5, 5.41) is 0. The van der Waals surface area contributed by atoms with Crippen molar-refractivity contribution in [3.05, 3.63) is 59.2 Å². The molecule has 2 aromatic carbocycles. The maximum Gasteiger partial charge on any atom is 0.177 e. The molecule has 5 heteroatoms. The number of hydrogen-bond donors (Lipinski definition) is 0. The van der Waals surface area contributed by atoms with Crippen molar-refractivity contribution in [1.29, 1.82) is 0 Å². The van der Waals surface area contributed by atoms with Crippen LogP contribution in [0.2, 0.25) is 0 Å². The van der Waals surface area contributed by atoms with Gasteiger partial charge in [0, 0.05) is 24.6 Å². The lowest BCUT2D eigenvalue weighted by atomic mass is 9.45. The van der Waals surface area contributed by atoms with Crippen LogP contribution in [0.3, 0.4) is 0 Å². The number of likely N-dealkylation sites (N-methyl/N-ethyl adjacent to an activating group) is 1. The van der Waals surface area contributed by atoms with Crippen molar-refractivity contribution in [2.24, 2.45) is 0 Å². The molecular weight excluding hydrogens is 414 g/mol. The molecule has 0 amide bonds. The van der Waals surface area contributed by atoms with Crippen LogP contribution in [0.15, 0.2) is 42.5 Å². The second kappa shape index (κ2) is 7.31. The standard InChI is InChI=1S/C28H33NO4/c1-26-23(30)13-14-28(32-17-7-10-19-8-5-4-6-9-19)22-18-20-11-12-21(31-3)25(33-26)24(20)27(26,28)15-16-29(22)2/h4-6,8-9,11-12,22H,7,10,13-18H2,1-3H3/t22?,26-,27-,28+/m0/s1. The number of methoxy groups -OCH3 is 1. The molecule has 2 heterocycles. The lowest BCUT2D eigenvalue weighted by Crippen LogP contribution is -2.80. The van der Waals surface area contributed by atoms with Crippen LogP contribution in [-0.2, 0) is 27.8 Å². The Balaban J connectivity index is 1.44. The molecule has 4 atom stereocenters. The van der Waals surface area contributed by atoms with E-state index in [1.54, 1.807) is 7.11 Å². The third kappa shape index (κ3) is 2.58. The molecule has 5 nitrogen and oxygen atoms in total. The Labute approximate surface area is 196 Å². The van der Waals surface area contributed by atoms with Gasteiger partial charge in [-0.15, -0.1) is 0 Å². The van der Waals surface area contributed by atoms with Crippen LogP contribution < -0.4 is 9.47 Å². The van der Waals surface area contributed by atoms with Gasteiger partial charge in [-0.05, 0) is 69.8 Å². The molecule has 33 heavy (non-hydrogen) atoms. The molecule has 174 valence electrons. The third-order valence-corrected chi connectivity index (χ3v) is 9.09. The van der Waals surface area contributed by atoms with Gasteiger partial charge in [0.25, 0.3) is 0 Å². The van der Waals surface area contributed by atoms with Gasteiger partial charge in [-0.3, -0.25) is 4.79 Å². The predicted octanol–water partition coefficient (Wildman–Crippen LogP) is 4.10. The van der Waals surface area contributed by atoms with E-state index in [2.05, 4.69) is 48.3 Å². The summed E-state index contributed by atoms with van der Waals surface area (Å²) in [7, 11) is 3.89. The summed E-state index contributed by atoms with van der Waals surface area (Å²) >= 11 is 0.